The van der Waals surface area contributed by atoms with Crippen molar-refractivity contribution in [2.45, 2.75) is 38.2 Å². The first-order chi connectivity index (χ1) is 7.65. The Morgan fingerprint density at radius 3 is 2.69 bits per heavy atom. The molecule has 5 nitrogen and oxygen atoms in total. The molecule has 1 aliphatic heterocycles. The number of nitrogens with one attached hydrogen (secondary N) is 1. The van der Waals surface area contributed by atoms with Crippen molar-refractivity contribution >= 4 is 11.9 Å². The summed E-state index contributed by atoms with van der Waals surface area (Å²) in [7, 11) is 0. The number of rotatable bonds is 5. The van der Waals surface area contributed by atoms with Gasteiger partial charge in [0.25, 0.3) is 0 Å². The number of carboxylic acid groups (broad SMARTS) is 1. The Morgan fingerprint density at radius 1 is 1.44 bits per heavy atom. The minimum atomic E-state index is -1.11. The molecule has 2 rings (SSSR count). The maximum Gasteiger partial charge on any atom is 0.319 e. The second-order valence-electron chi connectivity index (χ2n) is 4.57. The maximum atomic E-state index is 11.6. The van der Waals surface area contributed by atoms with Crippen molar-refractivity contribution in [1.82, 2.24) is 5.32 Å². The van der Waals surface area contributed by atoms with Crippen molar-refractivity contribution in [3.63, 3.8) is 0 Å². The summed E-state index contributed by atoms with van der Waals surface area (Å²) in [5, 5.41) is 11.6. The molecule has 1 amide bonds. The lowest BCUT2D eigenvalue weighted by Gasteiger charge is -2.13. The smallest absolute Gasteiger partial charge is 0.319 e. The molecule has 16 heavy (non-hydrogen) atoms. The summed E-state index contributed by atoms with van der Waals surface area (Å²) in [5.74, 6) is -1.33. The fraction of sp³-hybridized carbons (Fsp3) is 0.818. The van der Waals surface area contributed by atoms with Gasteiger partial charge in [-0.1, -0.05) is 0 Å². The van der Waals surface area contributed by atoms with Gasteiger partial charge < -0.3 is 15.2 Å². The van der Waals surface area contributed by atoms with E-state index in [4.69, 9.17) is 9.84 Å². The minimum Gasteiger partial charge on any atom is -0.480 e. The van der Waals surface area contributed by atoms with Gasteiger partial charge in [-0.3, -0.25) is 9.59 Å². The number of carbonyl (C=O) groups is 2. The number of ether oxygens (including phenoxy) is 1. The molecule has 0 aromatic heterocycles. The van der Waals surface area contributed by atoms with Gasteiger partial charge in [0.1, 0.15) is 5.41 Å². The maximum absolute atomic E-state index is 11.6. The second kappa shape index (κ2) is 4.41. The van der Waals surface area contributed by atoms with E-state index in [0.29, 0.717) is 19.4 Å². The average Bonchev–Trinajstić information content (AvgIpc) is 2.92. The summed E-state index contributed by atoms with van der Waals surface area (Å²) >= 11 is 0. The van der Waals surface area contributed by atoms with E-state index in [1.54, 1.807) is 0 Å². The first-order valence-electron chi connectivity index (χ1n) is 5.78. The molecule has 1 aliphatic carbocycles. The predicted molar refractivity (Wildman–Crippen MR) is 55.9 cm³/mol. The molecule has 1 atom stereocenters. The summed E-state index contributed by atoms with van der Waals surface area (Å²) in [6, 6.07) is 0. The van der Waals surface area contributed by atoms with Gasteiger partial charge in [0, 0.05) is 13.2 Å². The number of amides is 1. The van der Waals surface area contributed by atoms with Crippen LogP contribution in [0.1, 0.15) is 32.1 Å². The van der Waals surface area contributed by atoms with Gasteiger partial charge in [0.05, 0.1) is 6.10 Å². The van der Waals surface area contributed by atoms with Crippen LogP contribution in [-0.4, -0.2) is 36.2 Å². The predicted octanol–water partition coefficient (Wildman–Crippen LogP) is 0.536. The number of hydrogen-bond acceptors (Lipinski definition) is 3. The topological polar surface area (TPSA) is 75.6 Å². The Hall–Kier alpha value is -1.10. The number of carboxylic acids is 1. The van der Waals surface area contributed by atoms with Gasteiger partial charge in [-0.05, 0) is 32.1 Å². The molecule has 0 radical (unpaired) electrons. The van der Waals surface area contributed by atoms with Crippen molar-refractivity contribution < 1.29 is 19.4 Å². The summed E-state index contributed by atoms with van der Waals surface area (Å²) in [4.78, 5) is 22.5. The Balaban J connectivity index is 1.70. The molecule has 5 heteroatoms. The monoisotopic (exact) mass is 227 g/mol. The lowest BCUT2D eigenvalue weighted by atomic mass is 10.1. The van der Waals surface area contributed by atoms with E-state index in [1.807, 2.05) is 0 Å². The number of hydrogen-bond donors (Lipinski definition) is 2. The van der Waals surface area contributed by atoms with Crippen LogP contribution < -0.4 is 5.32 Å². The summed E-state index contributed by atoms with van der Waals surface area (Å²) in [6.07, 6.45) is 4.07. The molecule has 2 N–H and O–H groups in total. The highest BCUT2D eigenvalue weighted by molar-refractivity contribution is 6.04. The van der Waals surface area contributed by atoms with E-state index in [9.17, 15) is 9.59 Å². The normalized spacial score (nSPS) is 26.4. The first kappa shape index (κ1) is 11.4. The highest BCUT2D eigenvalue weighted by Gasteiger charge is 2.56. The Bertz CT molecular complexity index is 292. The second-order valence-corrected chi connectivity index (χ2v) is 4.57. The Labute approximate surface area is 94.2 Å². The third-order valence-electron chi connectivity index (χ3n) is 3.37. The lowest BCUT2D eigenvalue weighted by Crippen LogP contribution is -2.38. The third kappa shape index (κ3) is 2.19. The van der Waals surface area contributed by atoms with Crippen LogP contribution in [0.3, 0.4) is 0 Å². The molecule has 0 aromatic carbocycles. The highest BCUT2D eigenvalue weighted by Crippen LogP contribution is 2.46. The van der Waals surface area contributed by atoms with Gasteiger partial charge in [0.2, 0.25) is 5.91 Å². The molecule has 1 heterocycles. The molecule has 2 aliphatic rings. The minimum absolute atomic E-state index is 0.236. The molecule has 0 aromatic rings. The standard InChI is InChI=1S/C11H17NO4/c13-9(11(4-5-11)10(14)15)12-6-3-8-2-1-7-16-8/h8H,1-7H2,(H,12,13)(H,14,15). The summed E-state index contributed by atoms with van der Waals surface area (Å²) in [6.45, 7) is 1.32. The summed E-state index contributed by atoms with van der Waals surface area (Å²) in [5.41, 5.74) is -1.11. The van der Waals surface area contributed by atoms with E-state index < -0.39 is 11.4 Å². The van der Waals surface area contributed by atoms with Crippen molar-refractivity contribution in [3.05, 3.63) is 0 Å². The molecule has 0 spiro atoms. The first-order valence-corrected chi connectivity index (χ1v) is 5.78. The van der Waals surface area contributed by atoms with E-state index >= 15 is 0 Å². The molecular formula is C11H17NO4. The van der Waals surface area contributed by atoms with Crippen LogP contribution in [0.25, 0.3) is 0 Å². The van der Waals surface area contributed by atoms with E-state index in [0.717, 1.165) is 25.9 Å². The van der Waals surface area contributed by atoms with Crippen LogP contribution in [0.2, 0.25) is 0 Å². The van der Waals surface area contributed by atoms with Crippen LogP contribution in [0.4, 0.5) is 0 Å². The van der Waals surface area contributed by atoms with Gasteiger partial charge in [-0.25, -0.2) is 0 Å². The largest absolute Gasteiger partial charge is 0.480 e. The van der Waals surface area contributed by atoms with Crippen LogP contribution >= 0.6 is 0 Å². The lowest BCUT2D eigenvalue weighted by molar-refractivity contribution is -0.149. The zero-order valence-electron chi connectivity index (χ0n) is 9.20. The van der Waals surface area contributed by atoms with Crippen LogP contribution in [0.5, 0.6) is 0 Å². The van der Waals surface area contributed by atoms with E-state index in [2.05, 4.69) is 5.32 Å². The molecule has 90 valence electrons. The molecular weight excluding hydrogens is 210 g/mol. The molecule has 1 unspecified atom stereocenters. The van der Waals surface area contributed by atoms with Gasteiger partial charge in [-0.15, -0.1) is 0 Å². The average molecular weight is 227 g/mol. The molecule has 0 bridgehead atoms. The van der Waals surface area contributed by atoms with Crippen molar-refractivity contribution in [2.75, 3.05) is 13.2 Å². The number of carbonyl (C=O) groups excluding carboxylic acids is 1. The molecule has 2 fully saturated rings. The fourth-order valence-corrected chi connectivity index (χ4v) is 2.05. The van der Waals surface area contributed by atoms with Gasteiger partial charge >= 0.3 is 5.97 Å². The van der Waals surface area contributed by atoms with Crippen molar-refractivity contribution in [2.24, 2.45) is 5.41 Å². The Kier molecular flexibility index (Phi) is 3.14. The van der Waals surface area contributed by atoms with Crippen LogP contribution in [-0.2, 0) is 14.3 Å². The fourth-order valence-electron chi connectivity index (χ4n) is 2.05. The van der Waals surface area contributed by atoms with Gasteiger partial charge in [0.15, 0.2) is 0 Å². The van der Waals surface area contributed by atoms with E-state index in [1.165, 1.54) is 0 Å². The molecule has 1 saturated carbocycles. The highest BCUT2D eigenvalue weighted by atomic mass is 16.5. The zero-order valence-corrected chi connectivity index (χ0v) is 9.20. The van der Waals surface area contributed by atoms with Crippen LogP contribution in [0.15, 0.2) is 0 Å². The van der Waals surface area contributed by atoms with E-state index in [-0.39, 0.29) is 12.0 Å². The third-order valence-corrected chi connectivity index (χ3v) is 3.37. The van der Waals surface area contributed by atoms with Crippen LogP contribution in [0, 0.1) is 5.41 Å². The van der Waals surface area contributed by atoms with Crippen molar-refractivity contribution in [1.29, 1.82) is 0 Å². The SMILES string of the molecule is O=C(O)C1(C(=O)NCCC2CCCO2)CC1. The zero-order chi connectivity index (χ0) is 11.6. The summed E-state index contributed by atoms with van der Waals surface area (Å²) < 4.78 is 5.42. The van der Waals surface area contributed by atoms with Crippen molar-refractivity contribution in [3.8, 4) is 0 Å². The number of aliphatic carboxylic acids is 1. The van der Waals surface area contributed by atoms with Gasteiger partial charge in [-0.2, -0.15) is 0 Å². The quantitative estimate of drug-likeness (QED) is 0.672. The molecule has 1 saturated heterocycles. The Morgan fingerprint density at radius 2 is 2.19 bits per heavy atom.